The second kappa shape index (κ2) is 5.01. The molecule has 1 aliphatic rings. The first-order valence-electron chi connectivity index (χ1n) is 5.59. The Morgan fingerprint density at radius 2 is 2.06 bits per heavy atom. The van der Waals surface area contributed by atoms with Gasteiger partial charge in [0.25, 0.3) is 10.1 Å². The summed E-state index contributed by atoms with van der Waals surface area (Å²) in [6.07, 6.45) is 4.09. The Bertz CT molecular complexity index is 453. The van der Waals surface area contributed by atoms with E-state index in [1.807, 2.05) is 18.2 Å². The van der Waals surface area contributed by atoms with Crippen LogP contribution < -0.4 is 4.90 Å². The lowest BCUT2D eigenvalue weighted by atomic mass is 10.1. The quantitative estimate of drug-likeness (QED) is 0.756. The monoisotopic (exact) mass is 256 g/mol. The smallest absolute Gasteiger partial charge is 0.264 e. The maximum Gasteiger partial charge on any atom is 0.264 e. The van der Waals surface area contributed by atoms with Crippen LogP contribution in [0.5, 0.6) is 0 Å². The predicted octanol–water partition coefficient (Wildman–Crippen LogP) is 1.03. The molecule has 0 unspecified atom stereocenters. The highest BCUT2D eigenvalue weighted by atomic mass is 32.2. The lowest BCUT2D eigenvalue weighted by Gasteiger charge is -2.31. The molecule has 0 radical (unpaired) electrons. The molecule has 1 aromatic rings. The Morgan fingerprint density at radius 3 is 2.59 bits per heavy atom. The fourth-order valence-electron chi connectivity index (χ4n) is 1.97. The lowest BCUT2D eigenvalue weighted by Crippen LogP contribution is -2.38. The molecule has 2 rings (SSSR count). The van der Waals surface area contributed by atoms with Gasteiger partial charge in [0.2, 0.25) is 0 Å². The molecule has 0 bridgehead atoms. The zero-order chi connectivity index (χ0) is 12.3. The maximum absolute atomic E-state index is 11.0. The molecule has 5 nitrogen and oxygen atoms in total. The van der Waals surface area contributed by atoms with Gasteiger partial charge in [0, 0.05) is 19.3 Å². The van der Waals surface area contributed by atoms with Crippen LogP contribution in [-0.2, 0) is 14.3 Å². The van der Waals surface area contributed by atoms with Gasteiger partial charge in [-0.2, -0.15) is 8.42 Å². The van der Waals surface area contributed by atoms with Crippen LogP contribution in [0, 0.1) is 0 Å². The molecule has 0 N–H and O–H groups in total. The fourth-order valence-corrected chi connectivity index (χ4v) is 2.66. The third-order valence-corrected chi connectivity index (χ3v) is 3.35. The molecule has 6 heteroatoms. The number of hydrogen-bond acceptors (Lipinski definition) is 5. The van der Waals surface area contributed by atoms with Crippen molar-refractivity contribution in [3.63, 3.8) is 0 Å². The van der Waals surface area contributed by atoms with E-state index in [9.17, 15) is 8.42 Å². The van der Waals surface area contributed by atoms with Gasteiger partial charge in [-0.1, -0.05) is 6.07 Å². The summed E-state index contributed by atoms with van der Waals surface area (Å²) in [5, 5.41) is 0. The van der Waals surface area contributed by atoms with E-state index in [4.69, 9.17) is 4.18 Å². The van der Waals surface area contributed by atoms with E-state index in [0.29, 0.717) is 12.8 Å². The first kappa shape index (κ1) is 12.3. The van der Waals surface area contributed by atoms with Crippen LogP contribution in [0.25, 0.3) is 0 Å². The normalized spacial score (nSPS) is 18.3. The van der Waals surface area contributed by atoms with Gasteiger partial charge in [-0.05, 0) is 25.0 Å². The average molecular weight is 256 g/mol. The first-order valence-corrected chi connectivity index (χ1v) is 7.40. The molecule has 1 aromatic heterocycles. The van der Waals surface area contributed by atoms with Crippen molar-refractivity contribution in [2.45, 2.75) is 18.9 Å². The van der Waals surface area contributed by atoms with Crippen molar-refractivity contribution in [1.29, 1.82) is 0 Å². The van der Waals surface area contributed by atoms with Crippen molar-refractivity contribution >= 4 is 15.9 Å². The molecule has 0 amide bonds. The molecule has 0 aliphatic carbocycles. The van der Waals surface area contributed by atoms with E-state index in [2.05, 4.69) is 9.88 Å². The van der Waals surface area contributed by atoms with Crippen LogP contribution in [0.15, 0.2) is 24.4 Å². The van der Waals surface area contributed by atoms with Crippen molar-refractivity contribution < 1.29 is 12.6 Å². The van der Waals surface area contributed by atoms with Crippen LogP contribution in [0.1, 0.15) is 12.8 Å². The average Bonchev–Trinajstić information content (AvgIpc) is 2.29. The molecular formula is C11H16N2O3S. The third-order valence-electron chi connectivity index (χ3n) is 2.73. The van der Waals surface area contributed by atoms with Crippen molar-refractivity contribution in [3.05, 3.63) is 24.4 Å². The van der Waals surface area contributed by atoms with Crippen LogP contribution in [0.3, 0.4) is 0 Å². The summed E-state index contributed by atoms with van der Waals surface area (Å²) < 4.78 is 27.0. The summed E-state index contributed by atoms with van der Waals surface area (Å²) in [7, 11) is -3.34. The standard InChI is InChI=1S/C11H16N2O3S/c1-17(14,15)16-10-5-8-13(9-6-10)11-4-2-3-7-12-11/h2-4,7,10H,5-6,8-9H2,1H3. The summed E-state index contributed by atoms with van der Waals surface area (Å²) >= 11 is 0. The van der Waals surface area contributed by atoms with Gasteiger partial charge in [0.05, 0.1) is 12.4 Å². The fraction of sp³-hybridized carbons (Fsp3) is 0.545. The van der Waals surface area contributed by atoms with Crippen LogP contribution in [-0.4, -0.2) is 38.9 Å². The summed E-state index contributed by atoms with van der Waals surface area (Å²) in [6.45, 7) is 1.55. The zero-order valence-corrected chi connectivity index (χ0v) is 10.6. The van der Waals surface area contributed by atoms with Crippen molar-refractivity contribution in [2.75, 3.05) is 24.2 Å². The van der Waals surface area contributed by atoms with Gasteiger partial charge < -0.3 is 4.90 Å². The SMILES string of the molecule is CS(=O)(=O)OC1CCN(c2ccccn2)CC1. The lowest BCUT2D eigenvalue weighted by molar-refractivity contribution is 0.180. The summed E-state index contributed by atoms with van der Waals surface area (Å²) in [5.41, 5.74) is 0. The van der Waals surface area contributed by atoms with E-state index >= 15 is 0 Å². The van der Waals surface area contributed by atoms with E-state index in [0.717, 1.165) is 25.2 Å². The molecule has 0 atom stereocenters. The number of aromatic nitrogens is 1. The number of piperidine rings is 1. The number of anilines is 1. The molecular weight excluding hydrogens is 240 g/mol. The van der Waals surface area contributed by atoms with E-state index < -0.39 is 10.1 Å². The van der Waals surface area contributed by atoms with Gasteiger partial charge in [0.1, 0.15) is 5.82 Å². The molecule has 2 heterocycles. The van der Waals surface area contributed by atoms with Gasteiger partial charge in [0.15, 0.2) is 0 Å². The Morgan fingerprint density at radius 1 is 1.35 bits per heavy atom. The summed E-state index contributed by atoms with van der Waals surface area (Å²) in [5.74, 6) is 0.935. The minimum absolute atomic E-state index is 0.190. The van der Waals surface area contributed by atoms with E-state index in [1.165, 1.54) is 0 Å². The highest BCUT2D eigenvalue weighted by Gasteiger charge is 2.23. The topological polar surface area (TPSA) is 59.5 Å². The molecule has 0 spiro atoms. The molecule has 0 aromatic carbocycles. The van der Waals surface area contributed by atoms with Crippen molar-refractivity contribution in [3.8, 4) is 0 Å². The molecule has 94 valence electrons. The van der Waals surface area contributed by atoms with Gasteiger partial charge in [-0.25, -0.2) is 4.98 Å². The molecule has 0 saturated carbocycles. The summed E-state index contributed by atoms with van der Waals surface area (Å²) in [6, 6.07) is 5.78. The molecule has 1 fully saturated rings. The number of nitrogens with zero attached hydrogens (tertiary/aromatic N) is 2. The molecule has 1 saturated heterocycles. The highest BCUT2D eigenvalue weighted by Crippen LogP contribution is 2.19. The first-order chi connectivity index (χ1) is 8.04. The van der Waals surface area contributed by atoms with Crippen LogP contribution >= 0.6 is 0 Å². The second-order valence-electron chi connectivity index (χ2n) is 4.17. The molecule has 17 heavy (non-hydrogen) atoms. The highest BCUT2D eigenvalue weighted by molar-refractivity contribution is 7.86. The third kappa shape index (κ3) is 3.67. The van der Waals surface area contributed by atoms with Crippen molar-refractivity contribution in [2.24, 2.45) is 0 Å². The van der Waals surface area contributed by atoms with Gasteiger partial charge >= 0.3 is 0 Å². The zero-order valence-electron chi connectivity index (χ0n) is 9.74. The minimum Gasteiger partial charge on any atom is -0.356 e. The number of rotatable bonds is 3. The molecule has 1 aliphatic heterocycles. The van der Waals surface area contributed by atoms with E-state index in [1.54, 1.807) is 6.20 Å². The Hall–Kier alpha value is -1.14. The second-order valence-corrected chi connectivity index (χ2v) is 5.78. The largest absolute Gasteiger partial charge is 0.356 e. The number of pyridine rings is 1. The van der Waals surface area contributed by atoms with Crippen LogP contribution in [0.2, 0.25) is 0 Å². The van der Waals surface area contributed by atoms with Gasteiger partial charge in [-0.15, -0.1) is 0 Å². The van der Waals surface area contributed by atoms with Crippen molar-refractivity contribution in [1.82, 2.24) is 4.98 Å². The predicted molar refractivity (Wildman–Crippen MR) is 65.4 cm³/mol. The Labute approximate surface area is 102 Å². The maximum atomic E-state index is 11.0. The Kier molecular flexibility index (Phi) is 3.63. The minimum atomic E-state index is -3.34. The Balaban J connectivity index is 1.91. The number of hydrogen-bond donors (Lipinski definition) is 0. The van der Waals surface area contributed by atoms with E-state index in [-0.39, 0.29) is 6.10 Å². The van der Waals surface area contributed by atoms with Gasteiger partial charge in [-0.3, -0.25) is 4.18 Å². The van der Waals surface area contributed by atoms with Crippen LogP contribution in [0.4, 0.5) is 5.82 Å². The summed E-state index contributed by atoms with van der Waals surface area (Å²) in [4.78, 5) is 6.41.